The Morgan fingerprint density at radius 3 is 2.71 bits per heavy atom. The first-order valence-corrected chi connectivity index (χ1v) is 5.64. The molecule has 1 rings (SSSR count). The molecular formula is C11H21N5O. The van der Waals surface area contributed by atoms with Gasteiger partial charge in [0.2, 0.25) is 5.95 Å². The monoisotopic (exact) mass is 239 g/mol. The van der Waals surface area contributed by atoms with Crippen LogP contribution in [-0.4, -0.2) is 27.7 Å². The molecule has 6 nitrogen and oxygen atoms in total. The van der Waals surface area contributed by atoms with Crippen LogP contribution in [0.25, 0.3) is 0 Å². The van der Waals surface area contributed by atoms with Crippen LogP contribution in [0.2, 0.25) is 0 Å². The molecule has 0 fully saturated rings. The van der Waals surface area contributed by atoms with Gasteiger partial charge in [-0.3, -0.25) is 5.43 Å². The zero-order chi connectivity index (χ0) is 12.9. The molecule has 96 valence electrons. The largest absolute Gasteiger partial charge is 0.396 e. The van der Waals surface area contributed by atoms with Crippen LogP contribution >= 0.6 is 0 Å². The van der Waals surface area contributed by atoms with Crippen LogP contribution in [0, 0.1) is 5.41 Å². The number of anilines is 2. The molecule has 0 bridgehead atoms. The molecule has 0 saturated carbocycles. The predicted molar refractivity (Wildman–Crippen MR) is 68.4 cm³/mol. The maximum atomic E-state index is 9.07. The molecule has 1 aromatic rings. The van der Waals surface area contributed by atoms with E-state index in [1.807, 2.05) is 0 Å². The molecule has 0 aliphatic heterocycles. The molecule has 0 saturated heterocycles. The Kier molecular flexibility index (Phi) is 4.65. The Morgan fingerprint density at radius 1 is 1.47 bits per heavy atom. The van der Waals surface area contributed by atoms with Gasteiger partial charge in [-0.15, -0.1) is 0 Å². The first kappa shape index (κ1) is 13.7. The third-order valence-corrected chi connectivity index (χ3v) is 2.57. The third kappa shape index (κ3) is 4.16. The number of hydrogen-bond donors (Lipinski definition) is 4. The van der Waals surface area contributed by atoms with Crippen LogP contribution in [0.4, 0.5) is 11.8 Å². The van der Waals surface area contributed by atoms with Gasteiger partial charge in [0.1, 0.15) is 5.82 Å². The fourth-order valence-electron chi connectivity index (χ4n) is 1.54. The van der Waals surface area contributed by atoms with Crippen LogP contribution in [-0.2, 0) is 0 Å². The van der Waals surface area contributed by atoms with E-state index < -0.39 is 0 Å². The van der Waals surface area contributed by atoms with E-state index in [1.54, 1.807) is 12.3 Å². The Bertz CT molecular complexity index is 350. The summed E-state index contributed by atoms with van der Waals surface area (Å²) < 4.78 is 0. The topological polar surface area (TPSA) is 96.1 Å². The highest BCUT2D eigenvalue weighted by atomic mass is 16.3. The summed E-state index contributed by atoms with van der Waals surface area (Å²) in [6.07, 6.45) is 2.29. The number of aromatic nitrogens is 2. The quantitative estimate of drug-likeness (QED) is 0.452. The van der Waals surface area contributed by atoms with E-state index in [0.29, 0.717) is 18.2 Å². The third-order valence-electron chi connectivity index (χ3n) is 2.57. The lowest BCUT2D eigenvalue weighted by atomic mass is 9.85. The van der Waals surface area contributed by atoms with E-state index in [1.165, 1.54) is 0 Å². The van der Waals surface area contributed by atoms with Gasteiger partial charge in [-0.1, -0.05) is 20.8 Å². The maximum absolute atomic E-state index is 9.07. The molecule has 0 aromatic carbocycles. The van der Waals surface area contributed by atoms with E-state index in [9.17, 15) is 0 Å². The smallest absolute Gasteiger partial charge is 0.239 e. The van der Waals surface area contributed by atoms with Gasteiger partial charge in [0.25, 0.3) is 0 Å². The van der Waals surface area contributed by atoms with E-state index >= 15 is 0 Å². The summed E-state index contributed by atoms with van der Waals surface area (Å²) in [5, 5.41) is 12.4. The first-order valence-electron chi connectivity index (χ1n) is 5.64. The lowest BCUT2D eigenvalue weighted by Gasteiger charge is -2.31. The van der Waals surface area contributed by atoms with Gasteiger partial charge in [0, 0.05) is 18.8 Å². The van der Waals surface area contributed by atoms with Gasteiger partial charge in [-0.05, 0) is 17.9 Å². The van der Waals surface area contributed by atoms with E-state index in [4.69, 9.17) is 10.9 Å². The summed E-state index contributed by atoms with van der Waals surface area (Å²) in [6, 6.07) is 1.91. The molecule has 1 heterocycles. The first-order chi connectivity index (χ1) is 7.97. The fourth-order valence-corrected chi connectivity index (χ4v) is 1.54. The standard InChI is InChI=1S/C11H21N5O/c1-11(2,3)8(5-7-17)14-9-4-6-13-10(15-9)16-12/h4,6,8,17H,5,7,12H2,1-3H3,(H2,13,14,15,16). The van der Waals surface area contributed by atoms with E-state index in [0.717, 1.165) is 0 Å². The average Bonchev–Trinajstić information content (AvgIpc) is 2.27. The van der Waals surface area contributed by atoms with Crippen molar-refractivity contribution in [2.24, 2.45) is 11.3 Å². The van der Waals surface area contributed by atoms with Crippen molar-refractivity contribution in [1.82, 2.24) is 9.97 Å². The van der Waals surface area contributed by atoms with Crippen LogP contribution in [0.15, 0.2) is 12.3 Å². The van der Waals surface area contributed by atoms with Gasteiger partial charge in [0.15, 0.2) is 0 Å². The summed E-state index contributed by atoms with van der Waals surface area (Å²) in [6.45, 7) is 6.48. The molecule has 0 aliphatic carbocycles. The number of aliphatic hydroxyl groups is 1. The van der Waals surface area contributed by atoms with Gasteiger partial charge >= 0.3 is 0 Å². The molecule has 0 radical (unpaired) electrons. The van der Waals surface area contributed by atoms with Gasteiger partial charge < -0.3 is 10.4 Å². The van der Waals surface area contributed by atoms with Crippen molar-refractivity contribution in [1.29, 1.82) is 0 Å². The highest BCUT2D eigenvalue weighted by Gasteiger charge is 2.24. The van der Waals surface area contributed by atoms with E-state index in [-0.39, 0.29) is 18.1 Å². The Labute approximate surface area is 102 Å². The van der Waals surface area contributed by atoms with Gasteiger partial charge in [-0.25, -0.2) is 10.8 Å². The Morgan fingerprint density at radius 2 is 2.18 bits per heavy atom. The highest BCUT2D eigenvalue weighted by Crippen LogP contribution is 2.24. The second-order valence-corrected chi connectivity index (χ2v) is 4.99. The SMILES string of the molecule is CC(C)(C)C(CCO)Nc1ccnc(NN)n1. The number of aliphatic hydroxyl groups excluding tert-OH is 1. The summed E-state index contributed by atoms with van der Waals surface area (Å²) in [5.74, 6) is 6.31. The maximum Gasteiger partial charge on any atom is 0.239 e. The molecule has 0 amide bonds. The van der Waals surface area contributed by atoms with Crippen molar-refractivity contribution in [3.05, 3.63) is 12.3 Å². The zero-order valence-corrected chi connectivity index (χ0v) is 10.6. The van der Waals surface area contributed by atoms with Gasteiger partial charge in [-0.2, -0.15) is 4.98 Å². The summed E-state index contributed by atoms with van der Waals surface area (Å²) in [4.78, 5) is 8.12. The normalized spacial score (nSPS) is 13.2. The Balaban J connectivity index is 2.78. The van der Waals surface area contributed by atoms with Crippen LogP contribution < -0.4 is 16.6 Å². The molecule has 1 atom stereocenters. The molecule has 0 aliphatic rings. The average molecular weight is 239 g/mol. The second-order valence-electron chi connectivity index (χ2n) is 4.99. The molecular weight excluding hydrogens is 218 g/mol. The highest BCUT2D eigenvalue weighted by molar-refractivity contribution is 5.40. The molecule has 5 N–H and O–H groups in total. The van der Waals surface area contributed by atoms with Gasteiger partial charge in [0.05, 0.1) is 0 Å². The van der Waals surface area contributed by atoms with Crippen molar-refractivity contribution < 1.29 is 5.11 Å². The van der Waals surface area contributed by atoms with Crippen LogP contribution in [0.1, 0.15) is 27.2 Å². The van der Waals surface area contributed by atoms with Crippen molar-refractivity contribution in [2.75, 3.05) is 17.3 Å². The van der Waals surface area contributed by atoms with Crippen LogP contribution in [0.5, 0.6) is 0 Å². The van der Waals surface area contributed by atoms with Crippen LogP contribution in [0.3, 0.4) is 0 Å². The number of nitrogens with zero attached hydrogens (tertiary/aromatic N) is 2. The molecule has 1 unspecified atom stereocenters. The number of nitrogens with one attached hydrogen (secondary N) is 2. The minimum atomic E-state index is 0.0317. The van der Waals surface area contributed by atoms with Crippen molar-refractivity contribution in [3.8, 4) is 0 Å². The number of hydrogen-bond acceptors (Lipinski definition) is 6. The van der Waals surface area contributed by atoms with E-state index in [2.05, 4.69) is 41.5 Å². The number of nitrogen functional groups attached to an aromatic ring is 1. The lowest BCUT2D eigenvalue weighted by molar-refractivity contribution is 0.235. The summed E-state index contributed by atoms with van der Waals surface area (Å²) in [5.41, 5.74) is 2.43. The molecule has 6 heteroatoms. The van der Waals surface area contributed by atoms with Crippen molar-refractivity contribution in [2.45, 2.75) is 33.2 Å². The van der Waals surface area contributed by atoms with Crippen molar-refractivity contribution >= 4 is 11.8 Å². The zero-order valence-electron chi connectivity index (χ0n) is 10.6. The lowest BCUT2D eigenvalue weighted by Crippen LogP contribution is -2.35. The molecule has 17 heavy (non-hydrogen) atoms. The van der Waals surface area contributed by atoms with Crippen molar-refractivity contribution in [3.63, 3.8) is 0 Å². The Hall–Kier alpha value is -1.40. The number of rotatable bonds is 5. The summed E-state index contributed by atoms with van der Waals surface area (Å²) >= 11 is 0. The number of nitrogens with two attached hydrogens (primary N) is 1. The molecule has 0 spiro atoms. The fraction of sp³-hybridized carbons (Fsp3) is 0.636. The minimum absolute atomic E-state index is 0.0317. The summed E-state index contributed by atoms with van der Waals surface area (Å²) in [7, 11) is 0. The number of hydrazine groups is 1. The minimum Gasteiger partial charge on any atom is -0.396 e. The molecule has 1 aromatic heterocycles. The predicted octanol–water partition coefficient (Wildman–Crippen LogP) is 0.971. The second kappa shape index (κ2) is 5.79.